The van der Waals surface area contributed by atoms with Gasteiger partial charge in [0.05, 0.1) is 5.69 Å². The molecule has 82 valence electrons. The van der Waals surface area contributed by atoms with Crippen molar-refractivity contribution in [1.82, 2.24) is 4.98 Å². The van der Waals surface area contributed by atoms with Crippen molar-refractivity contribution in [3.63, 3.8) is 0 Å². The minimum absolute atomic E-state index is 0.219. The summed E-state index contributed by atoms with van der Waals surface area (Å²) in [7, 11) is 0. The van der Waals surface area contributed by atoms with Crippen LogP contribution in [0.25, 0.3) is 0 Å². The summed E-state index contributed by atoms with van der Waals surface area (Å²) in [4.78, 5) is 15.6. The molecule has 16 heavy (non-hydrogen) atoms. The number of nitrogen functional groups attached to an aromatic ring is 1. The van der Waals surface area contributed by atoms with Gasteiger partial charge in [-0.3, -0.25) is 4.79 Å². The van der Waals surface area contributed by atoms with Crippen molar-refractivity contribution >= 4 is 17.3 Å². The van der Waals surface area contributed by atoms with Crippen LogP contribution in [0.2, 0.25) is 0 Å². The van der Waals surface area contributed by atoms with Crippen LogP contribution in [-0.2, 0) is 0 Å². The molecule has 0 saturated carbocycles. The smallest absolute Gasteiger partial charge is 0.293 e. The molecule has 0 spiro atoms. The van der Waals surface area contributed by atoms with Crippen molar-refractivity contribution in [1.29, 1.82) is 0 Å². The first-order valence-corrected chi connectivity index (χ1v) is 4.74. The predicted octanol–water partition coefficient (Wildman–Crippen LogP) is 1.82. The number of nitrogens with one attached hydrogen (secondary N) is 1. The highest BCUT2D eigenvalue weighted by molar-refractivity contribution is 6.02. The third-order valence-corrected chi connectivity index (χ3v) is 2.12. The Labute approximate surface area is 92.3 Å². The zero-order chi connectivity index (χ0) is 11.5. The van der Waals surface area contributed by atoms with E-state index in [4.69, 9.17) is 10.2 Å². The van der Waals surface area contributed by atoms with E-state index in [1.807, 2.05) is 0 Å². The first-order chi connectivity index (χ1) is 7.66. The number of oxazole rings is 1. The highest BCUT2D eigenvalue weighted by Gasteiger charge is 2.13. The van der Waals surface area contributed by atoms with Crippen LogP contribution in [0.15, 0.2) is 35.1 Å². The fourth-order valence-electron chi connectivity index (χ4n) is 1.27. The lowest BCUT2D eigenvalue weighted by Gasteiger charge is -2.03. The Morgan fingerprint density at radius 2 is 2.06 bits per heavy atom. The summed E-state index contributed by atoms with van der Waals surface area (Å²) < 4.78 is 4.97. The van der Waals surface area contributed by atoms with E-state index >= 15 is 0 Å². The van der Waals surface area contributed by atoms with Crippen molar-refractivity contribution in [3.05, 3.63) is 42.1 Å². The Balaban J connectivity index is 2.14. The first-order valence-electron chi connectivity index (χ1n) is 4.74. The highest BCUT2D eigenvalue weighted by Crippen LogP contribution is 2.13. The maximum Gasteiger partial charge on any atom is 0.293 e. The second kappa shape index (κ2) is 4.06. The van der Waals surface area contributed by atoms with Gasteiger partial charge < -0.3 is 15.5 Å². The molecule has 0 unspecified atom stereocenters. The number of carbonyl (C=O) groups excluding carboxylic acids is 1. The molecule has 2 aromatic rings. The highest BCUT2D eigenvalue weighted by atomic mass is 16.3. The molecule has 2 rings (SSSR count). The van der Waals surface area contributed by atoms with Crippen LogP contribution in [0, 0.1) is 6.92 Å². The minimum atomic E-state index is -0.320. The van der Waals surface area contributed by atoms with E-state index in [1.54, 1.807) is 31.2 Å². The lowest BCUT2D eigenvalue weighted by Crippen LogP contribution is -2.12. The number of nitrogens with zero attached hydrogens (tertiary/aromatic N) is 1. The van der Waals surface area contributed by atoms with Crippen LogP contribution in [-0.4, -0.2) is 10.9 Å². The molecule has 0 atom stereocenters. The van der Waals surface area contributed by atoms with Gasteiger partial charge in [-0.1, -0.05) is 0 Å². The average Bonchev–Trinajstić information content (AvgIpc) is 2.68. The van der Waals surface area contributed by atoms with Gasteiger partial charge in [-0.2, -0.15) is 0 Å². The largest absolute Gasteiger partial charge is 0.438 e. The Hall–Kier alpha value is -2.30. The second-order valence-corrected chi connectivity index (χ2v) is 3.34. The Morgan fingerprint density at radius 1 is 1.38 bits per heavy atom. The van der Waals surface area contributed by atoms with Gasteiger partial charge in [0.2, 0.25) is 5.76 Å². The van der Waals surface area contributed by atoms with Crippen LogP contribution < -0.4 is 11.1 Å². The summed E-state index contributed by atoms with van der Waals surface area (Å²) in [6.07, 6.45) is 1.24. The topological polar surface area (TPSA) is 81.2 Å². The Kier molecular flexibility index (Phi) is 2.59. The number of anilines is 2. The van der Waals surface area contributed by atoms with E-state index in [0.29, 0.717) is 17.1 Å². The third-order valence-electron chi connectivity index (χ3n) is 2.12. The molecule has 1 aromatic carbocycles. The van der Waals surface area contributed by atoms with Gasteiger partial charge in [0, 0.05) is 11.4 Å². The third kappa shape index (κ3) is 2.03. The number of benzene rings is 1. The molecule has 1 amide bonds. The fraction of sp³-hybridized carbons (Fsp3) is 0.0909. The lowest BCUT2D eigenvalue weighted by atomic mass is 10.2. The molecular weight excluding hydrogens is 206 g/mol. The number of nitrogens with two attached hydrogens (primary N) is 1. The molecule has 5 heteroatoms. The summed E-state index contributed by atoms with van der Waals surface area (Å²) in [5.74, 6) is -0.100. The zero-order valence-electron chi connectivity index (χ0n) is 8.73. The van der Waals surface area contributed by atoms with E-state index in [9.17, 15) is 4.79 Å². The van der Waals surface area contributed by atoms with E-state index in [2.05, 4.69) is 10.3 Å². The summed E-state index contributed by atoms with van der Waals surface area (Å²) in [6, 6.07) is 6.86. The molecule has 0 bridgehead atoms. The summed E-state index contributed by atoms with van der Waals surface area (Å²) >= 11 is 0. The molecule has 0 aliphatic heterocycles. The molecule has 1 aromatic heterocycles. The van der Waals surface area contributed by atoms with E-state index in [-0.39, 0.29) is 11.7 Å². The number of aromatic nitrogens is 1. The second-order valence-electron chi connectivity index (χ2n) is 3.34. The number of hydrogen-bond donors (Lipinski definition) is 2. The maximum absolute atomic E-state index is 11.7. The lowest BCUT2D eigenvalue weighted by molar-refractivity contribution is 0.0996. The first kappa shape index (κ1) is 10.2. The van der Waals surface area contributed by atoms with E-state index < -0.39 is 0 Å². The number of hydrogen-bond acceptors (Lipinski definition) is 4. The van der Waals surface area contributed by atoms with Crippen LogP contribution in [0.3, 0.4) is 0 Å². The molecule has 5 nitrogen and oxygen atoms in total. The molecular formula is C11H11N3O2. The summed E-state index contributed by atoms with van der Waals surface area (Å²) in [5, 5.41) is 2.68. The SMILES string of the molecule is Cc1ncoc1C(=O)Nc1ccc(N)cc1. The normalized spacial score (nSPS) is 10.1. The van der Waals surface area contributed by atoms with Gasteiger partial charge in [0.1, 0.15) is 0 Å². The standard InChI is InChI=1S/C11H11N3O2/c1-7-10(16-6-13-7)11(15)14-9-4-2-8(12)3-5-9/h2-6H,12H2,1H3,(H,14,15). The van der Waals surface area contributed by atoms with Crippen LogP contribution in [0.5, 0.6) is 0 Å². The molecule has 1 heterocycles. The van der Waals surface area contributed by atoms with Gasteiger partial charge in [-0.05, 0) is 31.2 Å². The molecule has 0 aliphatic carbocycles. The molecule has 0 saturated heterocycles. The Morgan fingerprint density at radius 3 is 2.62 bits per heavy atom. The van der Waals surface area contributed by atoms with Crippen molar-refractivity contribution in [3.8, 4) is 0 Å². The van der Waals surface area contributed by atoms with Crippen molar-refractivity contribution in [2.75, 3.05) is 11.1 Å². The van der Waals surface area contributed by atoms with Crippen molar-refractivity contribution < 1.29 is 9.21 Å². The van der Waals surface area contributed by atoms with Gasteiger partial charge in [-0.15, -0.1) is 0 Å². The summed E-state index contributed by atoms with van der Waals surface area (Å²) in [6.45, 7) is 1.71. The number of carbonyl (C=O) groups is 1. The van der Waals surface area contributed by atoms with Gasteiger partial charge in [-0.25, -0.2) is 4.98 Å². The van der Waals surface area contributed by atoms with E-state index in [1.165, 1.54) is 6.39 Å². The number of aryl methyl sites for hydroxylation is 1. The van der Waals surface area contributed by atoms with Gasteiger partial charge in [0.25, 0.3) is 5.91 Å². The van der Waals surface area contributed by atoms with E-state index in [0.717, 1.165) is 0 Å². The van der Waals surface area contributed by atoms with Crippen LogP contribution in [0.4, 0.5) is 11.4 Å². The summed E-state index contributed by atoms with van der Waals surface area (Å²) in [5.41, 5.74) is 7.41. The van der Waals surface area contributed by atoms with Crippen molar-refractivity contribution in [2.24, 2.45) is 0 Å². The zero-order valence-corrected chi connectivity index (χ0v) is 8.73. The fourth-order valence-corrected chi connectivity index (χ4v) is 1.27. The van der Waals surface area contributed by atoms with Crippen LogP contribution in [0.1, 0.15) is 16.2 Å². The number of rotatable bonds is 2. The van der Waals surface area contributed by atoms with Crippen LogP contribution >= 0.6 is 0 Å². The van der Waals surface area contributed by atoms with Crippen molar-refractivity contribution in [2.45, 2.75) is 6.92 Å². The molecule has 0 aliphatic rings. The monoisotopic (exact) mass is 217 g/mol. The molecule has 3 N–H and O–H groups in total. The van der Waals surface area contributed by atoms with Gasteiger partial charge in [0.15, 0.2) is 6.39 Å². The number of amides is 1. The quantitative estimate of drug-likeness (QED) is 0.752. The molecule has 0 fully saturated rings. The predicted molar refractivity (Wildman–Crippen MR) is 60.0 cm³/mol. The average molecular weight is 217 g/mol. The molecule has 0 radical (unpaired) electrons. The Bertz CT molecular complexity index is 502. The minimum Gasteiger partial charge on any atom is -0.438 e. The van der Waals surface area contributed by atoms with Gasteiger partial charge >= 0.3 is 0 Å². The maximum atomic E-state index is 11.7.